The lowest BCUT2D eigenvalue weighted by Crippen LogP contribution is -2.57. The molecule has 2 aliphatic rings. The highest BCUT2D eigenvalue weighted by molar-refractivity contribution is 5.90. The first-order valence-electron chi connectivity index (χ1n) is 8.89. The molecule has 1 saturated carbocycles. The largest absolute Gasteiger partial charge is 0.445 e. The molecule has 2 fully saturated rings. The highest BCUT2D eigenvalue weighted by Crippen LogP contribution is 2.31. The number of nitrogens with one attached hydrogen (secondary N) is 1. The van der Waals surface area contributed by atoms with Crippen molar-refractivity contribution >= 4 is 12.0 Å². The molecule has 1 aliphatic heterocycles. The van der Waals surface area contributed by atoms with E-state index >= 15 is 0 Å². The maximum Gasteiger partial charge on any atom is 0.410 e. The van der Waals surface area contributed by atoms with Crippen molar-refractivity contribution in [3.63, 3.8) is 0 Å². The van der Waals surface area contributed by atoms with Gasteiger partial charge in [0.15, 0.2) is 0 Å². The Morgan fingerprint density at radius 2 is 1.92 bits per heavy atom. The molecule has 0 aromatic heterocycles. The molecule has 5 nitrogen and oxygen atoms in total. The summed E-state index contributed by atoms with van der Waals surface area (Å²) in [4.78, 5) is 26.8. The fraction of sp³-hybridized carbons (Fsp3) is 0.579. The number of likely N-dealkylation sites (tertiary alicyclic amines) is 1. The van der Waals surface area contributed by atoms with Crippen LogP contribution in [0.5, 0.6) is 0 Å². The van der Waals surface area contributed by atoms with Gasteiger partial charge in [-0.3, -0.25) is 9.69 Å². The van der Waals surface area contributed by atoms with Gasteiger partial charge in [-0.2, -0.15) is 0 Å². The number of hydrogen-bond acceptors (Lipinski definition) is 3. The van der Waals surface area contributed by atoms with Crippen molar-refractivity contribution in [2.75, 3.05) is 6.54 Å². The van der Waals surface area contributed by atoms with Gasteiger partial charge in [0, 0.05) is 12.6 Å². The number of rotatable bonds is 4. The molecule has 1 aromatic rings. The summed E-state index contributed by atoms with van der Waals surface area (Å²) in [5.41, 5.74) is 0.151. The lowest BCUT2D eigenvalue weighted by Gasteiger charge is -2.34. The van der Waals surface area contributed by atoms with Crippen LogP contribution >= 0.6 is 0 Å². The Kier molecular flexibility index (Phi) is 5.07. The molecule has 1 N–H and O–H groups in total. The van der Waals surface area contributed by atoms with Crippen molar-refractivity contribution in [2.24, 2.45) is 0 Å². The first-order valence-corrected chi connectivity index (χ1v) is 8.89. The Morgan fingerprint density at radius 3 is 2.62 bits per heavy atom. The second kappa shape index (κ2) is 7.24. The van der Waals surface area contributed by atoms with E-state index in [1.54, 1.807) is 4.90 Å². The maximum absolute atomic E-state index is 12.8. The van der Waals surface area contributed by atoms with E-state index in [1.807, 2.05) is 37.3 Å². The number of hydrogen-bond donors (Lipinski definition) is 1. The third kappa shape index (κ3) is 3.55. The van der Waals surface area contributed by atoms with Crippen molar-refractivity contribution in [3.05, 3.63) is 35.9 Å². The SMILES string of the molecule is CC1(C(=O)NC2CCCC2)CCCN1C(=O)OCc1ccccc1. The average Bonchev–Trinajstić information content (AvgIpc) is 3.24. The van der Waals surface area contributed by atoms with Gasteiger partial charge in [-0.25, -0.2) is 4.79 Å². The molecule has 1 atom stereocenters. The normalized spacial score (nSPS) is 24.1. The van der Waals surface area contributed by atoms with Gasteiger partial charge in [0.05, 0.1) is 0 Å². The molecule has 1 unspecified atom stereocenters. The van der Waals surface area contributed by atoms with E-state index in [0.717, 1.165) is 24.8 Å². The molecule has 130 valence electrons. The standard InChI is InChI=1S/C19H26N2O3/c1-19(17(22)20-16-10-5-6-11-16)12-7-13-21(19)18(23)24-14-15-8-3-2-4-9-15/h2-4,8-9,16H,5-7,10-14H2,1H3,(H,20,22). The van der Waals surface area contributed by atoms with Crippen molar-refractivity contribution in [3.8, 4) is 0 Å². The first-order chi connectivity index (χ1) is 11.6. The van der Waals surface area contributed by atoms with E-state index in [1.165, 1.54) is 12.8 Å². The molecule has 0 spiro atoms. The zero-order valence-corrected chi connectivity index (χ0v) is 14.3. The predicted octanol–water partition coefficient (Wildman–Crippen LogP) is 3.24. The lowest BCUT2D eigenvalue weighted by atomic mass is 9.97. The second-order valence-electron chi connectivity index (χ2n) is 7.02. The topological polar surface area (TPSA) is 58.6 Å². The fourth-order valence-electron chi connectivity index (χ4n) is 3.70. The fourth-order valence-corrected chi connectivity index (χ4v) is 3.70. The Balaban J connectivity index is 1.60. The molecule has 1 aliphatic carbocycles. The molecule has 1 heterocycles. The van der Waals surface area contributed by atoms with E-state index in [9.17, 15) is 9.59 Å². The summed E-state index contributed by atoms with van der Waals surface area (Å²) in [6.45, 7) is 2.66. The average molecular weight is 330 g/mol. The van der Waals surface area contributed by atoms with Gasteiger partial charge in [0.25, 0.3) is 0 Å². The van der Waals surface area contributed by atoms with Crippen LogP contribution in [-0.2, 0) is 16.1 Å². The van der Waals surface area contributed by atoms with Gasteiger partial charge < -0.3 is 10.1 Å². The number of amides is 2. The predicted molar refractivity (Wildman–Crippen MR) is 91.4 cm³/mol. The summed E-state index contributed by atoms with van der Waals surface area (Å²) >= 11 is 0. The third-order valence-electron chi connectivity index (χ3n) is 5.25. The van der Waals surface area contributed by atoms with Gasteiger partial charge in [0.2, 0.25) is 5.91 Å². The van der Waals surface area contributed by atoms with Crippen molar-refractivity contribution in [1.29, 1.82) is 0 Å². The summed E-state index contributed by atoms with van der Waals surface area (Å²) in [5, 5.41) is 3.13. The van der Waals surface area contributed by atoms with Crippen LogP contribution in [0.25, 0.3) is 0 Å². The Hall–Kier alpha value is -2.04. The molecular formula is C19H26N2O3. The molecule has 0 radical (unpaired) electrons. The number of ether oxygens (including phenoxy) is 1. The van der Waals surface area contributed by atoms with Crippen LogP contribution in [0.2, 0.25) is 0 Å². The van der Waals surface area contributed by atoms with E-state index in [0.29, 0.717) is 13.0 Å². The first kappa shape index (κ1) is 16.8. The molecular weight excluding hydrogens is 304 g/mol. The van der Waals surface area contributed by atoms with Crippen molar-refractivity contribution < 1.29 is 14.3 Å². The minimum absolute atomic E-state index is 0.0384. The number of nitrogens with zero attached hydrogens (tertiary/aromatic N) is 1. The summed E-state index contributed by atoms with van der Waals surface area (Å²) in [7, 11) is 0. The van der Waals surface area contributed by atoms with Crippen LogP contribution in [0.1, 0.15) is 51.0 Å². The Bertz CT molecular complexity index is 584. The third-order valence-corrected chi connectivity index (χ3v) is 5.25. The van der Waals surface area contributed by atoms with E-state index in [4.69, 9.17) is 4.74 Å². The van der Waals surface area contributed by atoms with Gasteiger partial charge in [-0.05, 0) is 38.2 Å². The van der Waals surface area contributed by atoms with E-state index in [-0.39, 0.29) is 18.6 Å². The smallest absolute Gasteiger partial charge is 0.410 e. The van der Waals surface area contributed by atoms with E-state index in [2.05, 4.69) is 5.32 Å². The monoisotopic (exact) mass is 330 g/mol. The molecule has 0 bridgehead atoms. The molecule has 24 heavy (non-hydrogen) atoms. The maximum atomic E-state index is 12.8. The van der Waals surface area contributed by atoms with Gasteiger partial charge >= 0.3 is 6.09 Å². The summed E-state index contributed by atoms with van der Waals surface area (Å²) in [5.74, 6) is -0.0384. The minimum atomic E-state index is -0.795. The van der Waals surface area contributed by atoms with Crippen molar-refractivity contribution in [2.45, 2.75) is 63.6 Å². The number of carbonyl (C=O) groups is 2. The van der Waals surface area contributed by atoms with Gasteiger partial charge in [0.1, 0.15) is 12.1 Å². The zero-order valence-electron chi connectivity index (χ0n) is 14.3. The lowest BCUT2D eigenvalue weighted by molar-refractivity contribution is -0.131. The highest BCUT2D eigenvalue weighted by atomic mass is 16.6. The van der Waals surface area contributed by atoms with Gasteiger partial charge in [-0.1, -0.05) is 43.2 Å². The molecule has 2 amide bonds. The van der Waals surface area contributed by atoms with Crippen LogP contribution in [-0.4, -0.2) is 35.0 Å². The Labute approximate surface area is 143 Å². The molecule has 1 saturated heterocycles. The Morgan fingerprint density at radius 1 is 1.21 bits per heavy atom. The summed E-state index contributed by atoms with van der Waals surface area (Å²) in [6.07, 6.45) is 5.54. The van der Waals surface area contributed by atoms with Crippen LogP contribution in [0.3, 0.4) is 0 Å². The quantitative estimate of drug-likeness (QED) is 0.922. The summed E-state index contributed by atoms with van der Waals surface area (Å²) in [6, 6.07) is 9.86. The van der Waals surface area contributed by atoms with Crippen LogP contribution < -0.4 is 5.32 Å². The van der Waals surface area contributed by atoms with E-state index < -0.39 is 11.6 Å². The number of benzene rings is 1. The summed E-state index contributed by atoms with van der Waals surface area (Å²) < 4.78 is 5.43. The molecule has 1 aromatic carbocycles. The minimum Gasteiger partial charge on any atom is -0.445 e. The number of carbonyl (C=O) groups excluding carboxylic acids is 2. The highest BCUT2D eigenvalue weighted by Gasteiger charge is 2.47. The molecule has 5 heteroatoms. The van der Waals surface area contributed by atoms with Crippen LogP contribution in [0.15, 0.2) is 30.3 Å². The van der Waals surface area contributed by atoms with Crippen LogP contribution in [0.4, 0.5) is 4.79 Å². The molecule has 3 rings (SSSR count). The van der Waals surface area contributed by atoms with Crippen LogP contribution in [0, 0.1) is 0 Å². The second-order valence-corrected chi connectivity index (χ2v) is 7.02. The van der Waals surface area contributed by atoms with Crippen molar-refractivity contribution in [1.82, 2.24) is 10.2 Å². The van der Waals surface area contributed by atoms with Gasteiger partial charge in [-0.15, -0.1) is 0 Å². The zero-order chi connectivity index (χ0) is 17.0.